The predicted octanol–water partition coefficient (Wildman–Crippen LogP) is 1.74. The van der Waals surface area contributed by atoms with Gasteiger partial charge in [-0.2, -0.15) is 0 Å². The summed E-state index contributed by atoms with van der Waals surface area (Å²) in [5, 5.41) is 1.54. The van der Waals surface area contributed by atoms with Crippen LogP contribution in [0.3, 0.4) is 0 Å². The summed E-state index contributed by atoms with van der Waals surface area (Å²) >= 11 is 0. The van der Waals surface area contributed by atoms with Crippen molar-refractivity contribution in [2.75, 3.05) is 12.3 Å². The Kier molecular flexibility index (Phi) is 6.01. The molecule has 3 N–H and O–H groups in total. The lowest BCUT2D eigenvalue weighted by Crippen LogP contribution is -2.38. The number of unbranched alkanes of at least 4 members (excludes halogenated alkanes) is 2. The molecule has 1 atom stereocenters. The van der Waals surface area contributed by atoms with Gasteiger partial charge in [-0.15, -0.1) is 0 Å². The molecule has 0 aliphatic carbocycles. The molecule has 6 heteroatoms. The number of amides is 1. The summed E-state index contributed by atoms with van der Waals surface area (Å²) in [6.07, 6.45) is 2.91. The number of nitrogens with two attached hydrogens (primary N) is 1. The molecule has 0 aliphatic rings. The van der Waals surface area contributed by atoms with Crippen LogP contribution in [0.2, 0.25) is 0 Å². The summed E-state index contributed by atoms with van der Waals surface area (Å²) in [5.41, 5.74) is 5.94. The number of anilines is 1. The SMILES string of the molecule is CCCCCNC(=O)C(C)S(=O)(=O)c1cccc(N)c1. The van der Waals surface area contributed by atoms with Gasteiger partial charge in [0.05, 0.1) is 4.90 Å². The molecule has 0 saturated carbocycles. The molecule has 112 valence electrons. The second-order valence-corrected chi connectivity index (χ2v) is 7.03. The highest BCUT2D eigenvalue weighted by Crippen LogP contribution is 2.18. The van der Waals surface area contributed by atoms with Crippen LogP contribution in [-0.2, 0) is 14.6 Å². The minimum Gasteiger partial charge on any atom is -0.399 e. The van der Waals surface area contributed by atoms with Gasteiger partial charge in [0.25, 0.3) is 0 Å². The number of hydrogen-bond acceptors (Lipinski definition) is 4. The third kappa shape index (κ3) is 4.23. The van der Waals surface area contributed by atoms with Gasteiger partial charge in [-0.3, -0.25) is 4.79 Å². The first-order chi connectivity index (χ1) is 9.39. The van der Waals surface area contributed by atoms with E-state index in [0.29, 0.717) is 12.2 Å². The number of rotatable bonds is 7. The predicted molar refractivity (Wildman–Crippen MR) is 80.0 cm³/mol. The molecule has 0 radical (unpaired) electrons. The summed E-state index contributed by atoms with van der Waals surface area (Å²) in [7, 11) is -3.70. The van der Waals surface area contributed by atoms with E-state index < -0.39 is 21.0 Å². The molecule has 0 spiro atoms. The number of benzene rings is 1. The maximum Gasteiger partial charge on any atom is 0.238 e. The number of nitrogen functional groups attached to an aromatic ring is 1. The third-order valence-corrected chi connectivity index (χ3v) is 5.16. The summed E-state index contributed by atoms with van der Waals surface area (Å²) in [4.78, 5) is 12.0. The Labute approximate surface area is 120 Å². The quantitative estimate of drug-likeness (QED) is 0.592. The van der Waals surface area contributed by atoms with Crippen LogP contribution in [0.15, 0.2) is 29.2 Å². The largest absolute Gasteiger partial charge is 0.399 e. The molecule has 1 rings (SSSR count). The minimum absolute atomic E-state index is 0.0775. The summed E-state index contributed by atoms with van der Waals surface area (Å²) in [6, 6.07) is 5.99. The molecular weight excluding hydrogens is 276 g/mol. The summed E-state index contributed by atoms with van der Waals surface area (Å²) in [5.74, 6) is -0.469. The fourth-order valence-corrected chi connectivity index (χ4v) is 3.11. The van der Waals surface area contributed by atoms with Crippen LogP contribution in [0.4, 0.5) is 5.69 Å². The van der Waals surface area contributed by atoms with Gasteiger partial charge in [-0.05, 0) is 31.5 Å². The molecule has 0 aromatic heterocycles. The smallest absolute Gasteiger partial charge is 0.238 e. The van der Waals surface area contributed by atoms with Crippen LogP contribution in [0.5, 0.6) is 0 Å². The van der Waals surface area contributed by atoms with E-state index in [1.165, 1.54) is 19.1 Å². The van der Waals surface area contributed by atoms with Crippen LogP contribution in [0.25, 0.3) is 0 Å². The van der Waals surface area contributed by atoms with Gasteiger partial charge in [0.2, 0.25) is 5.91 Å². The van der Waals surface area contributed by atoms with Gasteiger partial charge in [0.1, 0.15) is 5.25 Å². The molecule has 1 aromatic carbocycles. The zero-order chi connectivity index (χ0) is 15.2. The Morgan fingerprint density at radius 2 is 2.05 bits per heavy atom. The van der Waals surface area contributed by atoms with E-state index in [9.17, 15) is 13.2 Å². The lowest BCUT2D eigenvalue weighted by atomic mass is 10.2. The van der Waals surface area contributed by atoms with Gasteiger partial charge >= 0.3 is 0 Å². The van der Waals surface area contributed by atoms with Gasteiger partial charge < -0.3 is 11.1 Å². The van der Waals surface area contributed by atoms with Gasteiger partial charge in [0, 0.05) is 12.2 Å². The number of hydrogen-bond donors (Lipinski definition) is 2. The van der Waals surface area contributed by atoms with E-state index >= 15 is 0 Å². The molecule has 0 bridgehead atoms. The molecule has 1 aromatic rings. The van der Waals surface area contributed by atoms with Crippen molar-refractivity contribution in [1.82, 2.24) is 5.32 Å². The van der Waals surface area contributed by atoms with E-state index in [0.717, 1.165) is 19.3 Å². The fraction of sp³-hybridized carbons (Fsp3) is 0.500. The van der Waals surface area contributed by atoms with Crippen LogP contribution in [0.1, 0.15) is 33.1 Å². The van der Waals surface area contributed by atoms with Gasteiger partial charge in [-0.1, -0.05) is 25.8 Å². The van der Waals surface area contributed by atoms with Crippen LogP contribution < -0.4 is 11.1 Å². The lowest BCUT2D eigenvalue weighted by Gasteiger charge is -2.13. The highest BCUT2D eigenvalue weighted by atomic mass is 32.2. The van der Waals surface area contributed by atoms with Crippen LogP contribution in [-0.4, -0.2) is 26.1 Å². The number of sulfone groups is 1. The molecule has 1 amide bonds. The van der Waals surface area contributed by atoms with Crippen molar-refractivity contribution in [2.24, 2.45) is 0 Å². The monoisotopic (exact) mass is 298 g/mol. The Morgan fingerprint density at radius 3 is 2.65 bits per heavy atom. The molecule has 0 saturated heterocycles. The standard InChI is InChI=1S/C14H22N2O3S/c1-3-4-5-9-16-14(17)11(2)20(18,19)13-8-6-7-12(15)10-13/h6-8,10-11H,3-5,9,15H2,1-2H3,(H,16,17). The molecule has 0 fully saturated rings. The average Bonchev–Trinajstić information content (AvgIpc) is 2.42. The van der Waals surface area contributed by atoms with Crippen molar-refractivity contribution < 1.29 is 13.2 Å². The highest BCUT2D eigenvalue weighted by molar-refractivity contribution is 7.92. The first-order valence-corrected chi connectivity index (χ1v) is 8.31. The Bertz CT molecular complexity index is 555. The maximum absolute atomic E-state index is 12.3. The Morgan fingerprint density at radius 1 is 1.35 bits per heavy atom. The number of carbonyl (C=O) groups excluding carboxylic acids is 1. The number of nitrogens with one attached hydrogen (secondary N) is 1. The van der Waals surface area contributed by atoms with Crippen molar-refractivity contribution in [1.29, 1.82) is 0 Å². The fourth-order valence-electron chi connectivity index (χ4n) is 1.77. The van der Waals surface area contributed by atoms with Crippen molar-refractivity contribution in [3.8, 4) is 0 Å². The lowest BCUT2D eigenvalue weighted by molar-refractivity contribution is -0.120. The molecule has 0 heterocycles. The third-order valence-electron chi connectivity index (χ3n) is 3.10. The van der Waals surface area contributed by atoms with Crippen molar-refractivity contribution in [3.05, 3.63) is 24.3 Å². The summed E-state index contributed by atoms with van der Waals surface area (Å²) < 4.78 is 24.6. The minimum atomic E-state index is -3.70. The Balaban J connectivity index is 2.74. The highest BCUT2D eigenvalue weighted by Gasteiger charge is 2.29. The van der Waals surface area contributed by atoms with E-state index in [1.54, 1.807) is 12.1 Å². The van der Waals surface area contributed by atoms with E-state index in [1.807, 2.05) is 0 Å². The van der Waals surface area contributed by atoms with Crippen LogP contribution in [0, 0.1) is 0 Å². The molecule has 20 heavy (non-hydrogen) atoms. The first-order valence-electron chi connectivity index (χ1n) is 6.76. The van der Waals surface area contributed by atoms with E-state index in [-0.39, 0.29) is 4.90 Å². The summed E-state index contributed by atoms with van der Waals surface area (Å²) in [6.45, 7) is 3.96. The van der Waals surface area contributed by atoms with E-state index in [2.05, 4.69) is 12.2 Å². The average molecular weight is 298 g/mol. The van der Waals surface area contributed by atoms with Crippen molar-refractivity contribution >= 4 is 21.4 Å². The molecule has 1 unspecified atom stereocenters. The number of carbonyl (C=O) groups is 1. The second-order valence-electron chi connectivity index (χ2n) is 4.76. The second kappa shape index (κ2) is 7.28. The van der Waals surface area contributed by atoms with Gasteiger partial charge in [-0.25, -0.2) is 8.42 Å². The van der Waals surface area contributed by atoms with Crippen molar-refractivity contribution in [2.45, 2.75) is 43.3 Å². The zero-order valence-electron chi connectivity index (χ0n) is 11.9. The zero-order valence-corrected chi connectivity index (χ0v) is 12.7. The molecular formula is C14H22N2O3S. The first kappa shape index (κ1) is 16.5. The topological polar surface area (TPSA) is 89.3 Å². The maximum atomic E-state index is 12.3. The molecule has 0 aliphatic heterocycles. The van der Waals surface area contributed by atoms with Gasteiger partial charge in [0.15, 0.2) is 9.84 Å². The Hall–Kier alpha value is -1.56. The normalized spacial score (nSPS) is 12.9. The van der Waals surface area contributed by atoms with E-state index in [4.69, 9.17) is 5.73 Å². The molecule has 5 nitrogen and oxygen atoms in total. The van der Waals surface area contributed by atoms with Crippen molar-refractivity contribution in [3.63, 3.8) is 0 Å². The van der Waals surface area contributed by atoms with Crippen LogP contribution >= 0.6 is 0 Å².